The summed E-state index contributed by atoms with van der Waals surface area (Å²) in [5.41, 5.74) is 1.92. The van der Waals surface area contributed by atoms with Gasteiger partial charge in [0.15, 0.2) is 5.82 Å². The molecule has 0 atom stereocenters. The van der Waals surface area contributed by atoms with Crippen molar-refractivity contribution in [1.82, 2.24) is 15.2 Å². The minimum absolute atomic E-state index is 0.697. The lowest BCUT2D eigenvalue weighted by molar-refractivity contribution is 0.339. The zero-order chi connectivity index (χ0) is 10.5. The number of methoxy groups -OCH3 is 1. The first-order valence-electron chi connectivity index (χ1n) is 4.56. The Balaban J connectivity index is 2.42. The molecule has 2 rings (SSSR count). The lowest BCUT2D eigenvalue weighted by Gasteiger charge is -2.03. The molecule has 1 heterocycles. The number of rotatable bonds is 3. The largest absolute Gasteiger partial charge is 0.504 e. The van der Waals surface area contributed by atoms with Gasteiger partial charge in [0.25, 0.3) is 0 Å². The van der Waals surface area contributed by atoms with E-state index in [0.717, 1.165) is 11.1 Å². The molecule has 0 aliphatic heterocycles. The molecule has 15 heavy (non-hydrogen) atoms. The van der Waals surface area contributed by atoms with Gasteiger partial charge in [0.05, 0.1) is 18.9 Å². The van der Waals surface area contributed by atoms with Crippen LogP contribution in [-0.2, 0) is 4.74 Å². The van der Waals surface area contributed by atoms with Crippen molar-refractivity contribution in [3.8, 4) is 0 Å². The maximum absolute atomic E-state index is 5.03. The highest BCUT2D eigenvalue weighted by Gasteiger charge is 2.07. The van der Waals surface area contributed by atoms with Gasteiger partial charge < -0.3 is 4.74 Å². The quantitative estimate of drug-likeness (QED) is 0.771. The van der Waals surface area contributed by atoms with Crippen LogP contribution in [0.2, 0.25) is 0 Å². The number of H-pyrrole nitrogens is 1. The van der Waals surface area contributed by atoms with Gasteiger partial charge in [-0.3, -0.25) is 5.10 Å². The van der Waals surface area contributed by atoms with E-state index < -0.39 is 0 Å². The number of aromatic amines is 1. The molecule has 0 unspecified atom stereocenters. The summed E-state index contributed by atoms with van der Waals surface area (Å²) in [6, 6.07) is 9.89. The topological polar surface area (TPSA) is 50.8 Å². The van der Waals surface area contributed by atoms with Crippen LogP contribution in [0.4, 0.5) is 0 Å². The van der Waals surface area contributed by atoms with Crippen molar-refractivity contribution < 1.29 is 4.74 Å². The Morgan fingerprint density at radius 1 is 1.33 bits per heavy atom. The van der Waals surface area contributed by atoms with Crippen LogP contribution in [-0.4, -0.2) is 22.3 Å². The van der Waals surface area contributed by atoms with Crippen LogP contribution in [0.3, 0.4) is 0 Å². The monoisotopic (exact) mass is 201 g/mol. The van der Waals surface area contributed by atoms with Crippen molar-refractivity contribution in [2.75, 3.05) is 7.11 Å². The smallest absolute Gasteiger partial charge is 0.159 e. The maximum atomic E-state index is 5.03. The van der Waals surface area contributed by atoms with E-state index in [1.807, 2.05) is 30.3 Å². The first-order valence-corrected chi connectivity index (χ1v) is 4.56. The average Bonchev–Trinajstić information content (AvgIpc) is 2.80. The van der Waals surface area contributed by atoms with Crippen molar-refractivity contribution in [3.63, 3.8) is 0 Å². The van der Waals surface area contributed by atoms with E-state index in [2.05, 4.69) is 15.2 Å². The Labute approximate surface area is 87.6 Å². The highest BCUT2D eigenvalue weighted by Crippen LogP contribution is 2.19. The Morgan fingerprint density at radius 2 is 2.13 bits per heavy atom. The van der Waals surface area contributed by atoms with Gasteiger partial charge in [0.1, 0.15) is 6.33 Å². The third kappa shape index (κ3) is 2.04. The van der Waals surface area contributed by atoms with Gasteiger partial charge >= 0.3 is 0 Å². The van der Waals surface area contributed by atoms with Crippen LogP contribution in [0.15, 0.2) is 42.9 Å². The Morgan fingerprint density at radius 3 is 2.73 bits per heavy atom. The van der Waals surface area contributed by atoms with Crippen molar-refractivity contribution in [2.45, 2.75) is 0 Å². The molecule has 0 fully saturated rings. The van der Waals surface area contributed by atoms with Crippen LogP contribution < -0.4 is 0 Å². The Kier molecular flexibility index (Phi) is 2.78. The summed E-state index contributed by atoms with van der Waals surface area (Å²) in [5, 5.41) is 6.63. The number of hydrogen-bond donors (Lipinski definition) is 1. The third-order valence-electron chi connectivity index (χ3n) is 1.99. The van der Waals surface area contributed by atoms with E-state index in [-0.39, 0.29) is 0 Å². The van der Waals surface area contributed by atoms with E-state index >= 15 is 0 Å². The standard InChI is InChI=1S/C11H11N3O/c1-15-7-10(11-12-8-13-14-11)9-5-3-2-4-6-9/h2-8H,1H3,(H,12,13,14). The molecule has 0 aliphatic rings. The molecule has 76 valence electrons. The van der Waals surface area contributed by atoms with E-state index in [0.29, 0.717) is 5.82 Å². The highest BCUT2D eigenvalue weighted by molar-refractivity contribution is 5.75. The molecule has 2 aromatic rings. The van der Waals surface area contributed by atoms with Gasteiger partial charge in [-0.15, -0.1) is 0 Å². The molecule has 0 bridgehead atoms. The van der Waals surface area contributed by atoms with Gasteiger partial charge in [0, 0.05) is 0 Å². The van der Waals surface area contributed by atoms with Crippen LogP contribution >= 0.6 is 0 Å². The van der Waals surface area contributed by atoms with E-state index in [1.165, 1.54) is 6.33 Å². The van der Waals surface area contributed by atoms with Crippen molar-refractivity contribution >= 4 is 5.57 Å². The molecule has 0 aliphatic carbocycles. The summed E-state index contributed by atoms with van der Waals surface area (Å²) < 4.78 is 5.03. The minimum atomic E-state index is 0.697. The lowest BCUT2D eigenvalue weighted by atomic mass is 10.1. The summed E-state index contributed by atoms with van der Waals surface area (Å²) >= 11 is 0. The molecule has 0 spiro atoms. The first-order chi connectivity index (χ1) is 7.42. The van der Waals surface area contributed by atoms with Crippen LogP contribution in [0.5, 0.6) is 0 Å². The maximum Gasteiger partial charge on any atom is 0.159 e. The molecule has 4 nitrogen and oxygen atoms in total. The van der Waals surface area contributed by atoms with Crippen LogP contribution in [0, 0.1) is 0 Å². The molecule has 1 N–H and O–H groups in total. The van der Waals surface area contributed by atoms with Crippen LogP contribution in [0.25, 0.3) is 5.57 Å². The van der Waals surface area contributed by atoms with Crippen LogP contribution in [0.1, 0.15) is 11.4 Å². The third-order valence-corrected chi connectivity index (χ3v) is 1.99. The van der Waals surface area contributed by atoms with Gasteiger partial charge in [-0.25, -0.2) is 4.98 Å². The molecule has 0 saturated carbocycles. The molecule has 1 aromatic carbocycles. The highest BCUT2D eigenvalue weighted by atomic mass is 16.5. The summed E-state index contributed by atoms with van der Waals surface area (Å²) in [6.07, 6.45) is 3.12. The number of hydrogen-bond acceptors (Lipinski definition) is 3. The number of benzene rings is 1. The van der Waals surface area contributed by atoms with Gasteiger partial charge in [0.2, 0.25) is 0 Å². The van der Waals surface area contributed by atoms with Gasteiger partial charge in [-0.1, -0.05) is 30.3 Å². The second-order valence-electron chi connectivity index (χ2n) is 2.97. The molecule has 0 amide bonds. The molecule has 4 heteroatoms. The zero-order valence-corrected chi connectivity index (χ0v) is 8.34. The van der Waals surface area contributed by atoms with Gasteiger partial charge in [-0.2, -0.15) is 5.10 Å². The Hall–Kier alpha value is -2.10. The summed E-state index contributed by atoms with van der Waals surface area (Å²) in [5.74, 6) is 0.697. The Bertz CT molecular complexity index is 434. The second kappa shape index (κ2) is 4.41. The molecule has 0 radical (unpaired) electrons. The molecular formula is C11H11N3O. The zero-order valence-electron chi connectivity index (χ0n) is 8.34. The summed E-state index contributed by atoms with van der Waals surface area (Å²) in [4.78, 5) is 4.10. The predicted octanol–water partition coefficient (Wildman–Crippen LogP) is 1.84. The van der Waals surface area contributed by atoms with Crippen molar-refractivity contribution in [2.24, 2.45) is 0 Å². The first kappa shape index (κ1) is 9.45. The average molecular weight is 201 g/mol. The fraction of sp³-hybridized carbons (Fsp3) is 0.0909. The van der Waals surface area contributed by atoms with Crippen molar-refractivity contribution in [3.05, 3.63) is 54.3 Å². The predicted molar refractivity (Wildman–Crippen MR) is 56.9 cm³/mol. The van der Waals surface area contributed by atoms with E-state index in [4.69, 9.17) is 4.74 Å². The molecule has 1 aromatic heterocycles. The van der Waals surface area contributed by atoms with E-state index in [1.54, 1.807) is 13.4 Å². The molecular weight excluding hydrogens is 190 g/mol. The van der Waals surface area contributed by atoms with E-state index in [9.17, 15) is 0 Å². The van der Waals surface area contributed by atoms with Gasteiger partial charge in [-0.05, 0) is 5.56 Å². The number of nitrogens with one attached hydrogen (secondary N) is 1. The SMILES string of the molecule is COC=C(c1ccccc1)c1ncn[nH]1. The minimum Gasteiger partial charge on any atom is -0.504 e. The summed E-state index contributed by atoms with van der Waals surface area (Å²) in [6.45, 7) is 0. The fourth-order valence-electron chi connectivity index (χ4n) is 1.33. The second-order valence-corrected chi connectivity index (χ2v) is 2.97. The fourth-order valence-corrected chi connectivity index (χ4v) is 1.33. The number of aromatic nitrogens is 3. The summed E-state index contributed by atoms with van der Waals surface area (Å²) in [7, 11) is 1.61. The normalized spacial score (nSPS) is 11.4. The number of nitrogens with zero attached hydrogens (tertiary/aromatic N) is 2. The lowest BCUT2D eigenvalue weighted by Crippen LogP contribution is -1.91. The molecule has 0 saturated heterocycles. The van der Waals surface area contributed by atoms with Crippen molar-refractivity contribution in [1.29, 1.82) is 0 Å². The number of ether oxygens (including phenoxy) is 1.